The van der Waals surface area contributed by atoms with Crippen LogP contribution in [0.15, 0.2) is 18.7 Å². The zero-order valence-corrected chi connectivity index (χ0v) is 6.71. The molecule has 4 heteroatoms. The molecule has 0 spiro atoms. The van der Waals surface area contributed by atoms with E-state index in [1.54, 1.807) is 12.4 Å². The quantitative estimate of drug-likeness (QED) is 0.382. The van der Waals surface area contributed by atoms with Gasteiger partial charge in [0.05, 0.1) is 0 Å². The minimum absolute atomic E-state index is 0. The predicted octanol–water partition coefficient (Wildman–Crippen LogP) is -3.34. The molecule has 2 nitrogen and oxygen atoms in total. The Bertz CT molecular complexity index is 69.4. The van der Waals surface area contributed by atoms with Crippen molar-refractivity contribution >= 4 is 23.1 Å². The Labute approximate surface area is 68.6 Å². The minimum Gasteiger partial charge on any atom is -1.00 e. The Kier molecular flexibility index (Phi) is 9.63. The molecule has 0 bridgehead atoms. The van der Waals surface area contributed by atoms with Crippen molar-refractivity contribution in [3.63, 3.8) is 0 Å². The van der Waals surface area contributed by atoms with Crippen molar-refractivity contribution in [2.24, 2.45) is 0 Å². The van der Waals surface area contributed by atoms with Gasteiger partial charge in [0.25, 0.3) is 0 Å². The van der Waals surface area contributed by atoms with Crippen molar-refractivity contribution in [3.05, 3.63) is 18.7 Å². The maximum Gasteiger partial charge on any atom is 2.00 e. The summed E-state index contributed by atoms with van der Waals surface area (Å²) in [5.74, 6) is 0. The number of hydrogen-bond donors (Lipinski definition) is 0. The molecule has 0 atom stereocenters. The van der Waals surface area contributed by atoms with Crippen LogP contribution in [-0.4, -0.2) is 28.0 Å². The van der Waals surface area contributed by atoms with E-state index in [-0.39, 0.29) is 40.0 Å². The number of nitrogens with zero attached hydrogens (tertiary/aromatic N) is 2. The van der Waals surface area contributed by atoms with Gasteiger partial charge in [-0.15, -0.1) is 0 Å². The Balaban J connectivity index is 0. The molecule has 1 rings (SSSR count). The van der Waals surface area contributed by atoms with E-state index in [0.717, 1.165) is 0 Å². The number of hydrogen-bond acceptors (Lipinski definition) is 1. The summed E-state index contributed by atoms with van der Waals surface area (Å²) in [7, 11) is 0. The van der Waals surface area contributed by atoms with E-state index in [1.807, 2.05) is 0 Å². The molecule has 0 aliphatic rings. The van der Waals surface area contributed by atoms with E-state index in [4.69, 9.17) is 0 Å². The first kappa shape index (κ1) is 10.4. The first-order chi connectivity index (χ1) is 2.50. The molecule has 0 amide bonds. The first-order valence-electron chi connectivity index (χ1n) is 1.37. The van der Waals surface area contributed by atoms with Gasteiger partial charge >= 0.3 is 23.1 Å². The smallest absolute Gasteiger partial charge is 1.00 e. The summed E-state index contributed by atoms with van der Waals surface area (Å²) >= 11 is 0. The topological polar surface area (TPSA) is 27.0 Å². The minimum atomic E-state index is 0. The molecular formula is C3H3BrMgN2. The van der Waals surface area contributed by atoms with Gasteiger partial charge in [0.15, 0.2) is 0 Å². The van der Waals surface area contributed by atoms with E-state index in [2.05, 4.69) is 9.97 Å². The molecule has 0 radical (unpaired) electrons. The van der Waals surface area contributed by atoms with Crippen LogP contribution in [0, 0.1) is 0 Å². The van der Waals surface area contributed by atoms with Gasteiger partial charge in [-0.25, -0.2) is 0 Å². The van der Waals surface area contributed by atoms with E-state index >= 15 is 0 Å². The van der Waals surface area contributed by atoms with Gasteiger partial charge in [-0.2, -0.15) is 0 Å². The zero-order valence-electron chi connectivity index (χ0n) is 3.71. The molecule has 0 fully saturated rings. The summed E-state index contributed by atoms with van der Waals surface area (Å²) < 4.78 is 0. The second-order valence-corrected chi connectivity index (χ2v) is 0.712. The normalized spacial score (nSPS) is 5.71. The van der Waals surface area contributed by atoms with Crippen LogP contribution in [-0.2, 0) is 0 Å². The second kappa shape index (κ2) is 6.46. The van der Waals surface area contributed by atoms with Gasteiger partial charge in [0.1, 0.15) is 0 Å². The van der Waals surface area contributed by atoms with Crippen molar-refractivity contribution in [2.45, 2.75) is 0 Å². The molecule has 1 aromatic heterocycles. The molecule has 0 unspecified atom stereocenters. The van der Waals surface area contributed by atoms with Crippen molar-refractivity contribution in [1.29, 1.82) is 0 Å². The number of halogens is 1. The molecule has 1 heterocycles. The largest absolute Gasteiger partial charge is 2.00 e. The van der Waals surface area contributed by atoms with Gasteiger partial charge < -0.3 is 26.9 Å². The molecule has 0 aliphatic heterocycles. The third-order valence-corrected chi connectivity index (χ3v) is 0.372. The van der Waals surface area contributed by atoms with Crippen LogP contribution in [0.25, 0.3) is 0 Å². The third-order valence-electron chi connectivity index (χ3n) is 0.372. The third kappa shape index (κ3) is 4.31. The van der Waals surface area contributed by atoms with E-state index < -0.39 is 0 Å². The van der Waals surface area contributed by atoms with Crippen molar-refractivity contribution in [2.75, 3.05) is 0 Å². The molecule has 0 saturated heterocycles. The molecule has 34 valence electrons. The van der Waals surface area contributed by atoms with Crippen LogP contribution in [0.2, 0.25) is 0 Å². The molecule has 0 aromatic carbocycles. The molecule has 0 aliphatic carbocycles. The second-order valence-electron chi connectivity index (χ2n) is 0.712. The molecular weight excluding hydrogens is 168 g/mol. The number of imidazole rings is 1. The fourth-order valence-corrected chi connectivity index (χ4v) is 0.192. The summed E-state index contributed by atoms with van der Waals surface area (Å²) in [5, 5.41) is 0. The fourth-order valence-electron chi connectivity index (χ4n) is 0.192. The molecule has 1 aromatic rings. The maximum atomic E-state index is 3.61. The van der Waals surface area contributed by atoms with E-state index in [0.29, 0.717) is 0 Å². The van der Waals surface area contributed by atoms with E-state index in [1.165, 1.54) is 6.33 Å². The summed E-state index contributed by atoms with van der Waals surface area (Å²) in [6, 6.07) is 0. The Morgan fingerprint density at radius 2 is 2.14 bits per heavy atom. The van der Waals surface area contributed by atoms with Crippen LogP contribution in [0.3, 0.4) is 0 Å². The summed E-state index contributed by atoms with van der Waals surface area (Å²) in [5.41, 5.74) is 0. The Hall–Kier alpha value is 0.456. The van der Waals surface area contributed by atoms with Crippen molar-refractivity contribution < 1.29 is 17.0 Å². The fraction of sp³-hybridized carbons (Fsp3) is 0. The van der Waals surface area contributed by atoms with E-state index in [9.17, 15) is 0 Å². The van der Waals surface area contributed by atoms with Gasteiger partial charge in [0.2, 0.25) is 0 Å². The molecule has 7 heavy (non-hydrogen) atoms. The van der Waals surface area contributed by atoms with Gasteiger partial charge in [0, 0.05) is 0 Å². The van der Waals surface area contributed by atoms with Gasteiger partial charge in [-0.05, 0) is 0 Å². The van der Waals surface area contributed by atoms with Crippen LogP contribution < -0.4 is 22.0 Å². The number of rotatable bonds is 0. The Morgan fingerprint density at radius 3 is 2.29 bits per heavy atom. The van der Waals surface area contributed by atoms with Gasteiger partial charge in [-0.1, -0.05) is 18.7 Å². The van der Waals surface area contributed by atoms with Crippen LogP contribution in [0.5, 0.6) is 0 Å². The van der Waals surface area contributed by atoms with Crippen LogP contribution in [0.1, 0.15) is 0 Å². The van der Waals surface area contributed by atoms with Crippen molar-refractivity contribution in [3.8, 4) is 0 Å². The standard InChI is InChI=1S/C3H3N2.BrH.Mg/c1-2-5-3-4-1;;/h1-3H;1H;/q-1;;+2/p-1. The SMILES string of the molecule is [Br-].[Mg+2].c1c[n-]cn1. The zero-order chi connectivity index (χ0) is 3.54. The monoisotopic (exact) mass is 170 g/mol. The summed E-state index contributed by atoms with van der Waals surface area (Å²) in [4.78, 5) is 7.22. The van der Waals surface area contributed by atoms with Crippen molar-refractivity contribution in [1.82, 2.24) is 9.97 Å². The Morgan fingerprint density at radius 1 is 1.43 bits per heavy atom. The predicted molar refractivity (Wildman–Crippen MR) is 23.3 cm³/mol. The molecule has 0 saturated carbocycles. The average Bonchev–Trinajstić information content (AvgIpc) is 1.76. The van der Waals surface area contributed by atoms with Gasteiger partial charge in [-0.3, -0.25) is 0 Å². The maximum absolute atomic E-state index is 3.61. The first-order valence-corrected chi connectivity index (χ1v) is 1.37. The number of aromatic nitrogens is 2. The molecule has 0 N–H and O–H groups in total. The van der Waals surface area contributed by atoms with Crippen LogP contribution in [0.4, 0.5) is 0 Å². The summed E-state index contributed by atoms with van der Waals surface area (Å²) in [6.07, 6.45) is 4.78. The van der Waals surface area contributed by atoms with Crippen LogP contribution >= 0.6 is 0 Å². The summed E-state index contributed by atoms with van der Waals surface area (Å²) in [6.45, 7) is 0. The average molecular weight is 171 g/mol.